The van der Waals surface area contributed by atoms with Crippen molar-refractivity contribution in [1.29, 1.82) is 0 Å². The third-order valence-corrected chi connectivity index (χ3v) is 4.09. The fourth-order valence-corrected chi connectivity index (χ4v) is 2.98. The van der Waals surface area contributed by atoms with Crippen molar-refractivity contribution < 1.29 is 4.79 Å². The standard InChI is InChI=1S/C13H17N7OS/c1-9-18-19-13(22-9)17-12(21)16-10-4-2-7-20(8-10)11-14-5-3-6-15-11/h3,5-6,10H,2,4,7-8H2,1H3,(H2,16,17,19,21)/t10-/m1/s1. The average molecular weight is 319 g/mol. The van der Waals surface area contributed by atoms with Gasteiger partial charge in [0.1, 0.15) is 5.01 Å². The third kappa shape index (κ3) is 3.67. The molecular weight excluding hydrogens is 302 g/mol. The van der Waals surface area contributed by atoms with Gasteiger partial charge in [0.2, 0.25) is 11.1 Å². The minimum Gasteiger partial charge on any atom is -0.339 e. The van der Waals surface area contributed by atoms with Crippen molar-refractivity contribution in [2.75, 3.05) is 23.3 Å². The number of nitrogens with one attached hydrogen (secondary N) is 2. The second-order valence-corrected chi connectivity index (χ2v) is 6.24. The van der Waals surface area contributed by atoms with Crippen molar-refractivity contribution in [3.8, 4) is 0 Å². The van der Waals surface area contributed by atoms with Gasteiger partial charge in [0, 0.05) is 31.5 Å². The molecule has 1 aliphatic rings. The first-order chi connectivity index (χ1) is 10.7. The molecule has 1 fully saturated rings. The van der Waals surface area contributed by atoms with E-state index in [1.165, 1.54) is 11.3 Å². The number of anilines is 2. The second kappa shape index (κ2) is 6.65. The van der Waals surface area contributed by atoms with Crippen LogP contribution in [-0.2, 0) is 0 Å². The molecule has 0 spiro atoms. The van der Waals surface area contributed by atoms with Crippen LogP contribution in [0, 0.1) is 6.92 Å². The predicted octanol–water partition coefficient (Wildman–Crippen LogP) is 1.43. The summed E-state index contributed by atoms with van der Waals surface area (Å²) < 4.78 is 0. The van der Waals surface area contributed by atoms with Crippen molar-refractivity contribution in [1.82, 2.24) is 25.5 Å². The van der Waals surface area contributed by atoms with E-state index in [2.05, 4.69) is 35.7 Å². The van der Waals surface area contributed by atoms with Crippen LogP contribution in [-0.4, -0.2) is 45.3 Å². The molecule has 2 aromatic rings. The highest BCUT2D eigenvalue weighted by Gasteiger charge is 2.23. The van der Waals surface area contributed by atoms with E-state index in [9.17, 15) is 4.79 Å². The lowest BCUT2D eigenvalue weighted by atomic mass is 10.1. The Balaban J connectivity index is 1.55. The number of nitrogens with zero attached hydrogens (tertiary/aromatic N) is 5. The third-order valence-electron chi connectivity index (χ3n) is 3.34. The molecule has 0 saturated carbocycles. The minimum absolute atomic E-state index is 0.0616. The van der Waals surface area contributed by atoms with E-state index in [0.29, 0.717) is 17.6 Å². The normalized spacial score (nSPS) is 18.0. The molecule has 3 heterocycles. The smallest absolute Gasteiger partial charge is 0.321 e. The lowest BCUT2D eigenvalue weighted by Gasteiger charge is -2.32. The molecule has 3 rings (SSSR count). The van der Waals surface area contributed by atoms with E-state index in [-0.39, 0.29) is 12.1 Å². The van der Waals surface area contributed by atoms with Crippen LogP contribution in [0.2, 0.25) is 0 Å². The zero-order valence-electron chi connectivity index (χ0n) is 12.2. The molecule has 116 valence electrons. The number of urea groups is 1. The molecule has 1 saturated heterocycles. The van der Waals surface area contributed by atoms with Crippen molar-refractivity contribution in [2.24, 2.45) is 0 Å². The molecule has 0 bridgehead atoms. The summed E-state index contributed by atoms with van der Waals surface area (Å²) in [7, 11) is 0. The number of carbonyl (C=O) groups is 1. The van der Waals surface area contributed by atoms with E-state index in [1.807, 2.05) is 6.92 Å². The van der Waals surface area contributed by atoms with E-state index < -0.39 is 0 Å². The molecule has 2 amide bonds. The van der Waals surface area contributed by atoms with Gasteiger partial charge in [-0.25, -0.2) is 14.8 Å². The Morgan fingerprint density at radius 3 is 2.91 bits per heavy atom. The van der Waals surface area contributed by atoms with E-state index in [0.717, 1.165) is 24.4 Å². The van der Waals surface area contributed by atoms with Crippen LogP contribution in [0.15, 0.2) is 18.5 Å². The van der Waals surface area contributed by atoms with Gasteiger partial charge in [0.25, 0.3) is 0 Å². The Labute approximate surface area is 132 Å². The molecule has 1 aliphatic heterocycles. The van der Waals surface area contributed by atoms with Gasteiger partial charge < -0.3 is 10.2 Å². The summed E-state index contributed by atoms with van der Waals surface area (Å²) in [6.07, 6.45) is 5.38. The maximum absolute atomic E-state index is 12.0. The Hall–Kier alpha value is -2.29. The van der Waals surface area contributed by atoms with Crippen molar-refractivity contribution >= 4 is 28.4 Å². The summed E-state index contributed by atoms with van der Waals surface area (Å²) >= 11 is 1.35. The number of rotatable bonds is 3. The second-order valence-electron chi connectivity index (χ2n) is 5.06. The van der Waals surface area contributed by atoms with Crippen molar-refractivity contribution in [2.45, 2.75) is 25.8 Å². The van der Waals surface area contributed by atoms with Gasteiger partial charge >= 0.3 is 6.03 Å². The number of aryl methyl sites for hydroxylation is 1. The van der Waals surface area contributed by atoms with E-state index in [1.54, 1.807) is 18.5 Å². The van der Waals surface area contributed by atoms with Crippen LogP contribution in [0.4, 0.5) is 15.9 Å². The molecular formula is C13H17N7OS. The van der Waals surface area contributed by atoms with E-state index >= 15 is 0 Å². The fourth-order valence-electron chi connectivity index (χ4n) is 2.40. The van der Waals surface area contributed by atoms with Gasteiger partial charge in [-0.2, -0.15) is 0 Å². The van der Waals surface area contributed by atoms with Crippen LogP contribution in [0.3, 0.4) is 0 Å². The first-order valence-electron chi connectivity index (χ1n) is 7.10. The molecule has 0 aliphatic carbocycles. The summed E-state index contributed by atoms with van der Waals surface area (Å²) in [5.41, 5.74) is 0. The van der Waals surface area contributed by atoms with Crippen LogP contribution in [0.5, 0.6) is 0 Å². The maximum atomic E-state index is 12.0. The Kier molecular flexibility index (Phi) is 4.42. The number of hydrogen-bond acceptors (Lipinski definition) is 7. The number of piperidine rings is 1. The van der Waals surface area contributed by atoms with Gasteiger partial charge in [0.15, 0.2) is 0 Å². The highest BCUT2D eigenvalue weighted by atomic mass is 32.1. The van der Waals surface area contributed by atoms with E-state index in [4.69, 9.17) is 0 Å². The number of aromatic nitrogens is 4. The molecule has 22 heavy (non-hydrogen) atoms. The van der Waals surface area contributed by atoms with Crippen LogP contribution >= 0.6 is 11.3 Å². The predicted molar refractivity (Wildman–Crippen MR) is 84.1 cm³/mol. The lowest BCUT2D eigenvalue weighted by molar-refractivity contribution is 0.246. The van der Waals surface area contributed by atoms with Crippen molar-refractivity contribution in [3.63, 3.8) is 0 Å². The van der Waals surface area contributed by atoms with Gasteiger partial charge in [-0.05, 0) is 25.8 Å². The minimum atomic E-state index is -0.253. The zero-order valence-corrected chi connectivity index (χ0v) is 13.0. The zero-order chi connectivity index (χ0) is 15.4. The van der Waals surface area contributed by atoms with Crippen LogP contribution in [0.25, 0.3) is 0 Å². The average Bonchev–Trinajstić information content (AvgIpc) is 2.93. The molecule has 0 radical (unpaired) electrons. The summed E-state index contributed by atoms with van der Waals surface area (Å²) in [4.78, 5) is 22.6. The number of amides is 2. The van der Waals surface area contributed by atoms with Gasteiger partial charge in [-0.1, -0.05) is 11.3 Å². The molecule has 2 N–H and O–H groups in total. The quantitative estimate of drug-likeness (QED) is 0.888. The van der Waals surface area contributed by atoms with Gasteiger partial charge in [-0.3, -0.25) is 5.32 Å². The Morgan fingerprint density at radius 1 is 1.36 bits per heavy atom. The van der Waals surface area contributed by atoms with Crippen LogP contribution < -0.4 is 15.5 Å². The first-order valence-corrected chi connectivity index (χ1v) is 7.92. The monoisotopic (exact) mass is 319 g/mol. The summed E-state index contributed by atoms with van der Waals surface area (Å²) in [6, 6.07) is 1.60. The molecule has 0 unspecified atom stereocenters. The topological polar surface area (TPSA) is 95.9 Å². The fraction of sp³-hybridized carbons (Fsp3) is 0.462. The molecule has 0 aromatic carbocycles. The highest BCUT2D eigenvalue weighted by Crippen LogP contribution is 2.16. The van der Waals surface area contributed by atoms with Gasteiger partial charge in [-0.15, -0.1) is 10.2 Å². The molecule has 9 heteroatoms. The number of hydrogen-bond donors (Lipinski definition) is 2. The summed E-state index contributed by atoms with van der Waals surface area (Å²) in [6.45, 7) is 3.45. The van der Waals surface area contributed by atoms with Crippen molar-refractivity contribution in [3.05, 3.63) is 23.5 Å². The molecule has 2 aromatic heterocycles. The summed E-state index contributed by atoms with van der Waals surface area (Å²) in [5.74, 6) is 0.703. The van der Waals surface area contributed by atoms with Gasteiger partial charge in [0.05, 0.1) is 0 Å². The Bertz CT molecular complexity index is 632. The Morgan fingerprint density at radius 2 is 2.18 bits per heavy atom. The maximum Gasteiger partial charge on any atom is 0.321 e. The SMILES string of the molecule is Cc1nnc(NC(=O)N[C@@H]2CCCN(c3ncccn3)C2)s1. The molecule has 1 atom stereocenters. The van der Waals surface area contributed by atoms with Crippen LogP contribution in [0.1, 0.15) is 17.8 Å². The molecule has 8 nitrogen and oxygen atoms in total. The number of carbonyl (C=O) groups excluding carboxylic acids is 1. The largest absolute Gasteiger partial charge is 0.339 e. The summed E-state index contributed by atoms with van der Waals surface area (Å²) in [5, 5.41) is 14.8. The first kappa shape index (κ1) is 14.6. The lowest BCUT2D eigenvalue weighted by Crippen LogP contribution is -2.49. The highest BCUT2D eigenvalue weighted by molar-refractivity contribution is 7.15.